The molecule has 0 bridgehead atoms. The summed E-state index contributed by atoms with van der Waals surface area (Å²) < 4.78 is 5.36. The van der Waals surface area contributed by atoms with Crippen molar-refractivity contribution < 1.29 is 44.0 Å². The monoisotopic (exact) mass is 660 g/mol. The number of carboxylic acids is 1. The maximum absolute atomic E-state index is 13.7. The zero-order valence-corrected chi connectivity index (χ0v) is 27.5. The van der Waals surface area contributed by atoms with Crippen molar-refractivity contribution >= 4 is 29.8 Å². The summed E-state index contributed by atoms with van der Waals surface area (Å²) in [5.74, 6) is -3.45. The van der Waals surface area contributed by atoms with Gasteiger partial charge in [-0.2, -0.15) is 0 Å². The molecule has 0 aliphatic rings. The summed E-state index contributed by atoms with van der Waals surface area (Å²) in [4.78, 5) is 70.2. The van der Waals surface area contributed by atoms with Gasteiger partial charge in [0.2, 0.25) is 11.8 Å². The minimum absolute atomic E-state index is 0.0319. The molecular formula is C32H48N6O9. The van der Waals surface area contributed by atoms with Crippen LogP contribution in [-0.4, -0.2) is 97.6 Å². The van der Waals surface area contributed by atoms with Crippen LogP contribution in [0.1, 0.15) is 65.1 Å². The van der Waals surface area contributed by atoms with E-state index in [-0.39, 0.29) is 44.6 Å². The third kappa shape index (κ3) is 14.6. The first-order valence-corrected chi connectivity index (χ1v) is 15.5. The molecule has 0 fully saturated rings. The van der Waals surface area contributed by atoms with E-state index < -0.39 is 65.7 Å². The molecule has 5 atom stereocenters. The zero-order chi connectivity index (χ0) is 35.1. The van der Waals surface area contributed by atoms with Crippen LogP contribution in [0.3, 0.4) is 0 Å². The highest BCUT2D eigenvalue weighted by atomic mass is 16.6. The predicted molar refractivity (Wildman–Crippen MR) is 171 cm³/mol. The van der Waals surface area contributed by atoms with Crippen molar-refractivity contribution in [3.8, 4) is 0 Å². The van der Waals surface area contributed by atoms with Gasteiger partial charge in [0, 0.05) is 37.7 Å². The predicted octanol–water partition coefficient (Wildman–Crippen LogP) is 0.807. The lowest BCUT2D eigenvalue weighted by molar-refractivity contribution is -0.139. The van der Waals surface area contributed by atoms with Gasteiger partial charge in [-0.25, -0.2) is 9.78 Å². The van der Waals surface area contributed by atoms with Crippen LogP contribution in [0, 0.1) is 5.92 Å². The van der Waals surface area contributed by atoms with Crippen LogP contribution in [0.25, 0.3) is 0 Å². The van der Waals surface area contributed by atoms with Crippen molar-refractivity contribution in [1.29, 1.82) is 0 Å². The minimum atomic E-state index is -1.93. The standard InChI is InChI=1S/C32H48N6O9/c1-19(2)14-22(26(41)27(42)30(45)34-13-9-12-25(39)40)36-29(44)24(16-21-17-33-18-35-21)37-28(43)23(15-20-10-7-6-8-11-20)38-31(46)47-32(3,4)5/h6-8,10-11,17-19,22-24,26-27,41-42H,9,12-16H2,1-5H3,(H,33,35)(H,34,45)(H,36,44)(H,37,43)(H,38,46)(H,39,40)/t22-,23-,24-,26-,27+/m0/s1. The number of hydrogen-bond acceptors (Lipinski definition) is 9. The molecule has 15 heteroatoms. The number of aliphatic carboxylic acids is 1. The number of benzene rings is 1. The fourth-order valence-electron chi connectivity index (χ4n) is 4.61. The van der Waals surface area contributed by atoms with E-state index in [1.807, 2.05) is 19.9 Å². The molecule has 4 amide bonds. The third-order valence-corrected chi connectivity index (χ3v) is 6.83. The average molecular weight is 661 g/mol. The van der Waals surface area contributed by atoms with Gasteiger partial charge < -0.3 is 46.3 Å². The number of carbonyl (C=O) groups excluding carboxylic acids is 4. The molecule has 1 heterocycles. The Morgan fingerprint density at radius 1 is 0.915 bits per heavy atom. The smallest absolute Gasteiger partial charge is 0.408 e. The second-order valence-electron chi connectivity index (χ2n) is 12.7. The van der Waals surface area contributed by atoms with Gasteiger partial charge in [-0.3, -0.25) is 19.2 Å². The quantitative estimate of drug-likeness (QED) is 0.105. The molecule has 47 heavy (non-hydrogen) atoms. The number of aromatic nitrogens is 2. The SMILES string of the molecule is CC(C)C[C@H](NC(=O)[C@H](Cc1cnc[nH]1)NC(=O)[C@H](Cc1ccccc1)NC(=O)OC(C)(C)C)[C@H](O)[C@@H](O)C(=O)NCCCC(=O)O. The molecule has 0 spiro atoms. The van der Waals surface area contributed by atoms with Gasteiger partial charge in [-0.15, -0.1) is 0 Å². The van der Waals surface area contributed by atoms with E-state index in [4.69, 9.17) is 9.84 Å². The van der Waals surface area contributed by atoms with E-state index >= 15 is 0 Å². The topological polar surface area (TPSA) is 232 Å². The van der Waals surface area contributed by atoms with Crippen molar-refractivity contribution in [2.24, 2.45) is 5.92 Å². The van der Waals surface area contributed by atoms with Crippen molar-refractivity contribution in [3.63, 3.8) is 0 Å². The first-order valence-electron chi connectivity index (χ1n) is 15.5. The number of alkyl carbamates (subject to hydrolysis) is 1. The van der Waals surface area contributed by atoms with Crippen molar-refractivity contribution in [3.05, 3.63) is 54.1 Å². The lowest BCUT2D eigenvalue weighted by Gasteiger charge is -2.30. The summed E-state index contributed by atoms with van der Waals surface area (Å²) in [6.45, 7) is 8.67. The minimum Gasteiger partial charge on any atom is -0.481 e. The Morgan fingerprint density at radius 2 is 1.55 bits per heavy atom. The van der Waals surface area contributed by atoms with E-state index in [1.165, 1.54) is 12.5 Å². The molecule has 2 aromatic rings. The van der Waals surface area contributed by atoms with Gasteiger partial charge in [0.1, 0.15) is 23.8 Å². The van der Waals surface area contributed by atoms with Crippen LogP contribution in [0.15, 0.2) is 42.9 Å². The fourth-order valence-corrected chi connectivity index (χ4v) is 4.61. The number of hydrogen-bond donors (Lipinski definition) is 8. The van der Waals surface area contributed by atoms with Gasteiger partial charge in [-0.05, 0) is 45.1 Å². The summed E-state index contributed by atoms with van der Waals surface area (Å²) in [6, 6.07) is 5.50. The Morgan fingerprint density at radius 3 is 2.13 bits per heavy atom. The number of rotatable bonds is 18. The molecule has 0 radical (unpaired) electrons. The molecule has 0 aliphatic heterocycles. The number of nitrogens with one attached hydrogen (secondary N) is 5. The summed E-state index contributed by atoms with van der Waals surface area (Å²) >= 11 is 0. The van der Waals surface area contributed by atoms with Gasteiger partial charge in [0.05, 0.1) is 12.4 Å². The summed E-state index contributed by atoms with van der Waals surface area (Å²) in [6.07, 6.45) is -1.45. The number of H-pyrrole nitrogens is 1. The number of carbonyl (C=O) groups is 5. The molecule has 0 aliphatic carbocycles. The average Bonchev–Trinajstić information content (AvgIpc) is 3.49. The number of aromatic amines is 1. The van der Waals surface area contributed by atoms with Crippen LogP contribution in [0.5, 0.6) is 0 Å². The summed E-state index contributed by atoms with van der Waals surface area (Å²) in [5, 5.41) is 40.7. The summed E-state index contributed by atoms with van der Waals surface area (Å²) in [5.41, 5.74) is 0.424. The first-order chi connectivity index (χ1) is 22.1. The van der Waals surface area contributed by atoms with Crippen LogP contribution in [-0.2, 0) is 36.8 Å². The molecule has 15 nitrogen and oxygen atoms in total. The van der Waals surface area contributed by atoms with Gasteiger partial charge in [0.25, 0.3) is 5.91 Å². The lowest BCUT2D eigenvalue weighted by Crippen LogP contribution is -2.59. The van der Waals surface area contributed by atoms with E-state index in [1.54, 1.807) is 45.0 Å². The Labute approximate surface area is 274 Å². The highest BCUT2D eigenvalue weighted by Crippen LogP contribution is 2.14. The highest BCUT2D eigenvalue weighted by molar-refractivity contribution is 5.92. The normalized spacial score (nSPS) is 14.6. The van der Waals surface area contributed by atoms with Crippen LogP contribution in [0.2, 0.25) is 0 Å². The first kappa shape index (κ1) is 38.7. The van der Waals surface area contributed by atoms with Gasteiger partial charge in [0.15, 0.2) is 6.10 Å². The third-order valence-electron chi connectivity index (χ3n) is 6.83. The van der Waals surface area contributed by atoms with Crippen LogP contribution < -0.4 is 21.3 Å². The van der Waals surface area contributed by atoms with Gasteiger partial charge >= 0.3 is 12.1 Å². The zero-order valence-electron chi connectivity index (χ0n) is 27.5. The fraction of sp³-hybridized carbons (Fsp3) is 0.562. The molecule has 0 saturated heterocycles. The van der Waals surface area contributed by atoms with E-state index in [2.05, 4.69) is 31.2 Å². The van der Waals surface area contributed by atoms with Crippen LogP contribution in [0.4, 0.5) is 4.79 Å². The van der Waals surface area contributed by atoms with Crippen molar-refractivity contribution in [1.82, 2.24) is 31.2 Å². The van der Waals surface area contributed by atoms with E-state index in [0.717, 1.165) is 5.56 Å². The number of aliphatic hydroxyl groups excluding tert-OH is 2. The number of aliphatic hydroxyl groups is 2. The van der Waals surface area contributed by atoms with E-state index in [9.17, 15) is 34.2 Å². The molecule has 8 N–H and O–H groups in total. The van der Waals surface area contributed by atoms with Crippen molar-refractivity contribution in [2.45, 2.75) is 103 Å². The molecule has 0 saturated carbocycles. The van der Waals surface area contributed by atoms with Crippen molar-refractivity contribution in [2.75, 3.05) is 6.54 Å². The second kappa shape index (κ2) is 18.6. The molecule has 260 valence electrons. The Balaban J connectivity index is 2.27. The Bertz CT molecular complexity index is 1300. The second-order valence-corrected chi connectivity index (χ2v) is 12.7. The Hall–Kier alpha value is -4.50. The van der Waals surface area contributed by atoms with Gasteiger partial charge in [-0.1, -0.05) is 44.2 Å². The number of nitrogens with zero attached hydrogens (tertiary/aromatic N) is 1. The number of imidazole rings is 1. The lowest BCUT2D eigenvalue weighted by atomic mass is 9.94. The Kier molecular flexibility index (Phi) is 15.3. The highest BCUT2D eigenvalue weighted by Gasteiger charge is 2.35. The maximum atomic E-state index is 13.7. The molecular weight excluding hydrogens is 612 g/mol. The largest absolute Gasteiger partial charge is 0.481 e. The van der Waals surface area contributed by atoms with Crippen LogP contribution >= 0.6 is 0 Å². The maximum Gasteiger partial charge on any atom is 0.408 e. The summed E-state index contributed by atoms with van der Waals surface area (Å²) in [7, 11) is 0. The number of amides is 4. The molecule has 1 aromatic heterocycles. The molecule has 1 aromatic carbocycles. The number of ether oxygens (including phenoxy) is 1. The number of carboxylic acid groups (broad SMARTS) is 1. The molecule has 2 rings (SSSR count). The van der Waals surface area contributed by atoms with E-state index in [0.29, 0.717) is 5.69 Å². The molecule has 0 unspecified atom stereocenters.